The number of nitrogens with zero attached hydrogens (tertiary/aromatic N) is 5. The number of piperidine rings is 1. The highest BCUT2D eigenvalue weighted by molar-refractivity contribution is 5.94. The number of H-pyrrole nitrogens is 1. The van der Waals surface area contributed by atoms with E-state index >= 15 is 0 Å². The van der Waals surface area contributed by atoms with Gasteiger partial charge in [-0.05, 0) is 32.8 Å². The van der Waals surface area contributed by atoms with Crippen LogP contribution < -0.4 is 5.32 Å². The molecule has 1 aliphatic heterocycles. The molecular weight excluding hydrogens is 518 g/mol. The summed E-state index contributed by atoms with van der Waals surface area (Å²) >= 11 is 0. The third kappa shape index (κ3) is 6.02. The van der Waals surface area contributed by atoms with Crippen LogP contribution in [0.4, 0.5) is 28.0 Å². The number of alkyl halides is 4. The molecule has 0 aromatic carbocycles. The number of pyridine rings is 1. The molecule has 1 saturated carbocycles. The van der Waals surface area contributed by atoms with Gasteiger partial charge >= 0.3 is 12.2 Å². The number of carbonyl (C=O) groups is 1. The molecule has 9 nitrogen and oxygen atoms in total. The van der Waals surface area contributed by atoms with E-state index < -0.39 is 41.9 Å². The number of aliphatic hydroxyl groups is 1. The summed E-state index contributed by atoms with van der Waals surface area (Å²) in [4.78, 5) is 18.8. The maximum absolute atomic E-state index is 14.2. The molecule has 1 unspecified atom stereocenters. The first-order valence-corrected chi connectivity index (χ1v) is 13.1. The summed E-state index contributed by atoms with van der Waals surface area (Å²) in [5.74, 6) is 0. The van der Waals surface area contributed by atoms with Gasteiger partial charge in [0.05, 0.1) is 35.8 Å². The molecule has 3 aromatic heterocycles. The van der Waals surface area contributed by atoms with E-state index in [1.54, 1.807) is 18.5 Å². The molecular formula is C26H35F4N7O2. The Morgan fingerprint density at radius 3 is 2.41 bits per heavy atom. The van der Waals surface area contributed by atoms with Gasteiger partial charge in [0.15, 0.2) is 5.60 Å². The normalized spacial score (nSPS) is 20.6. The topological polar surface area (TPSA) is 112 Å². The molecule has 3 aromatic rings. The number of urea groups is 1. The van der Waals surface area contributed by atoms with Crippen molar-refractivity contribution in [2.24, 2.45) is 0 Å². The summed E-state index contributed by atoms with van der Waals surface area (Å²) < 4.78 is 55.8. The highest BCUT2D eigenvalue weighted by Gasteiger charge is 2.65. The van der Waals surface area contributed by atoms with Gasteiger partial charge in [-0.3, -0.25) is 14.8 Å². The molecule has 13 heteroatoms. The van der Waals surface area contributed by atoms with Gasteiger partial charge < -0.3 is 15.3 Å². The smallest absolute Gasteiger partial charge is 0.380 e. The van der Waals surface area contributed by atoms with E-state index in [2.05, 4.69) is 39.4 Å². The van der Waals surface area contributed by atoms with Crippen LogP contribution in [0, 0.1) is 0 Å². The molecule has 1 saturated heterocycles. The summed E-state index contributed by atoms with van der Waals surface area (Å²) in [6.07, 6.45) is 2.09. The lowest BCUT2D eigenvalue weighted by Gasteiger charge is -2.45. The average molecular weight is 554 g/mol. The van der Waals surface area contributed by atoms with Crippen LogP contribution in [0.15, 0.2) is 24.7 Å². The standard InChI is InChI=1S/C22H25F4N7O2.C4H10/c1-19(2,23)12-33-16-7-14(27-8-13(16)9-29-33)17-15(10-28-31-17)30-18(34)32-6-5-21(35,22(24,25)26)11-20(32)3-4-20;1-3-4-2/h7-10,35H,3-6,11-12H2,1-2H3,(H,28,31)(H,30,34);3-4H2,1-2H3. The average Bonchev–Trinajstić information content (AvgIpc) is 3.26. The van der Waals surface area contributed by atoms with E-state index in [0.29, 0.717) is 40.8 Å². The van der Waals surface area contributed by atoms with E-state index in [0.717, 1.165) is 0 Å². The summed E-state index contributed by atoms with van der Waals surface area (Å²) in [7, 11) is 0. The zero-order valence-corrected chi connectivity index (χ0v) is 22.6. The van der Waals surface area contributed by atoms with Crippen molar-refractivity contribution in [3.63, 3.8) is 0 Å². The Labute approximate surface area is 224 Å². The number of hydrogen-bond acceptors (Lipinski definition) is 5. The van der Waals surface area contributed by atoms with Crippen LogP contribution in [0.5, 0.6) is 0 Å². The van der Waals surface area contributed by atoms with Crippen molar-refractivity contribution >= 4 is 22.6 Å². The van der Waals surface area contributed by atoms with Gasteiger partial charge in [-0.15, -0.1) is 0 Å². The minimum atomic E-state index is -4.75. The number of anilines is 1. The Balaban J connectivity index is 0.000000826. The highest BCUT2D eigenvalue weighted by Crippen LogP contribution is 2.55. The highest BCUT2D eigenvalue weighted by atomic mass is 19.4. The fourth-order valence-electron chi connectivity index (χ4n) is 4.76. The molecule has 2 amide bonds. The van der Waals surface area contributed by atoms with Crippen LogP contribution in [0.1, 0.15) is 66.2 Å². The van der Waals surface area contributed by atoms with Crippen molar-refractivity contribution in [3.05, 3.63) is 24.7 Å². The predicted octanol–water partition coefficient (Wildman–Crippen LogP) is 5.83. The van der Waals surface area contributed by atoms with Crippen molar-refractivity contribution < 1.29 is 27.5 Å². The lowest BCUT2D eigenvalue weighted by molar-refractivity contribution is -0.277. The number of rotatable bonds is 5. The molecule has 214 valence electrons. The van der Waals surface area contributed by atoms with Crippen LogP contribution in [-0.2, 0) is 6.54 Å². The van der Waals surface area contributed by atoms with Gasteiger partial charge in [0.25, 0.3) is 0 Å². The SMILES string of the molecule is CC(C)(F)Cn1ncc2cnc(-c3[nH]ncc3NC(=O)N3CCC(O)(C(F)(F)F)CC34CC4)cc21.CCCC. The van der Waals surface area contributed by atoms with Crippen molar-refractivity contribution in [1.29, 1.82) is 0 Å². The summed E-state index contributed by atoms with van der Waals surface area (Å²) in [6.45, 7) is 7.08. The minimum Gasteiger partial charge on any atom is -0.380 e. The monoisotopic (exact) mass is 553 g/mol. The van der Waals surface area contributed by atoms with Crippen molar-refractivity contribution in [2.45, 2.75) is 95.7 Å². The molecule has 1 spiro atoms. The summed E-state index contributed by atoms with van der Waals surface area (Å²) in [6, 6.07) is 1.13. The number of fused-ring (bicyclic) bond motifs is 1. The van der Waals surface area contributed by atoms with Gasteiger partial charge in [0.2, 0.25) is 0 Å². The second-order valence-corrected chi connectivity index (χ2v) is 11.1. The Morgan fingerprint density at radius 1 is 1.13 bits per heavy atom. The van der Waals surface area contributed by atoms with Gasteiger partial charge in [0.1, 0.15) is 11.4 Å². The molecule has 2 aliphatic rings. The van der Waals surface area contributed by atoms with E-state index in [1.807, 2.05) is 0 Å². The number of halogens is 4. The molecule has 4 heterocycles. The number of aromatic amines is 1. The number of nitrogens with one attached hydrogen (secondary N) is 2. The Bertz CT molecular complexity index is 1310. The molecule has 0 radical (unpaired) electrons. The third-order valence-corrected chi connectivity index (χ3v) is 7.23. The summed E-state index contributed by atoms with van der Waals surface area (Å²) in [5, 5.41) is 24.6. The fourth-order valence-corrected chi connectivity index (χ4v) is 4.76. The van der Waals surface area contributed by atoms with Gasteiger partial charge in [-0.25, -0.2) is 9.18 Å². The second kappa shape index (κ2) is 10.4. The van der Waals surface area contributed by atoms with Crippen LogP contribution in [-0.4, -0.2) is 70.5 Å². The van der Waals surface area contributed by atoms with Crippen molar-refractivity contribution in [2.75, 3.05) is 11.9 Å². The van der Waals surface area contributed by atoms with Gasteiger partial charge in [0, 0.05) is 36.5 Å². The third-order valence-electron chi connectivity index (χ3n) is 7.23. The largest absolute Gasteiger partial charge is 0.417 e. The van der Waals surface area contributed by atoms with Crippen LogP contribution in [0.2, 0.25) is 0 Å². The molecule has 1 aliphatic carbocycles. The number of amides is 2. The quantitative estimate of drug-likeness (QED) is 0.344. The van der Waals surface area contributed by atoms with Gasteiger partial charge in [-0.2, -0.15) is 23.4 Å². The van der Waals surface area contributed by atoms with Crippen LogP contribution in [0.3, 0.4) is 0 Å². The van der Waals surface area contributed by atoms with Gasteiger partial charge in [-0.1, -0.05) is 26.7 Å². The number of unbranched alkanes of at least 4 members (excludes halogenated alkanes) is 1. The lowest BCUT2D eigenvalue weighted by Crippen LogP contribution is -2.60. The maximum Gasteiger partial charge on any atom is 0.417 e. The molecule has 5 rings (SSSR count). The first kappa shape index (κ1) is 28.8. The fraction of sp³-hybridized carbons (Fsp3) is 0.615. The van der Waals surface area contributed by atoms with Crippen molar-refractivity contribution in [3.8, 4) is 11.4 Å². The number of aromatic nitrogens is 5. The van der Waals surface area contributed by atoms with E-state index in [4.69, 9.17) is 0 Å². The maximum atomic E-state index is 14.2. The van der Waals surface area contributed by atoms with Crippen molar-refractivity contribution in [1.82, 2.24) is 29.9 Å². The number of carbonyl (C=O) groups excluding carboxylic acids is 1. The molecule has 39 heavy (non-hydrogen) atoms. The summed E-state index contributed by atoms with van der Waals surface area (Å²) in [5.41, 5.74) is -3.54. The Hall–Kier alpha value is -3.22. The molecule has 2 fully saturated rings. The first-order valence-electron chi connectivity index (χ1n) is 13.1. The predicted molar refractivity (Wildman–Crippen MR) is 139 cm³/mol. The van der Waals surface area contributed by atoms with Crippen LogP contribution >= 0.6 is 0 Å². The van der Waals surface area contributed by atoms with E-state index in [1.165, 1.54) is 42.5 Å². The zero-order chi connectivity index (χ0) is 28.6. The van der Waals surface area contributed by atoms with E-state index in [9.17, 15) is 27.5 Å². The minimum absolute atomic E-state index is 0.0356. The Kier molecular flexibility index (Phi) is 7.67. The molecule has 3 N–H and O–H groups in total. The Morgan fingerprint density at radius 2 is 1.82 bits per heavy atom. The lowest BCUT2D eigenvalue weighted by atomic mass is 9.84. The second-order valence-electron chi connectivity index (χ2n) is 11.1. The van der Waals surface area contributed by atoms with Crippen LogP contribution in [0.25, 0.3) is 22.3 Å². The number of hydrogen-bond donors (Lipinski definition) is 3. The van der Waals surface area contributed by atoms with E-state index in [-0.39, 0.29) is 13.1 Å². The zero-order valence-electron chi connectivity index (χ0n) is 22.6. The molecule has 1 atom stereocenters. The first-order chi connectivity index (χ1) is 18.2. The number of likely N-dealkylation sites (tertiary alicyclic amines) is 1. The molecule has 0 bridgehead atoms.